The number of hydrogen-bond donors (Lipinski definition) is 1. The van der Waals surface area contributed by atoms with Crippen molar-refractivity contribution in [1.29, 1.82) is 10.5 Å². The minimum absolute atomic E-state index is 0.0149. The summed E-state index contributed by atoms with van der Waals surface area (Å²) in [7, 11) is 0. The number of non-ortho nitro benzene ring substituents is 1. The van der Waals surface area contributed by atoms with E-state index < -0.39 is 4.92 Å². The third-order valence-electron chi connectivity index (χ3n) is 2.20. The van der Waals surface area contributed by atoms with Gasteiger partial charge < -0.3 is 5.32 Å². The van der Waals surface area contributed by atoms with Gasteiger partial charge in [0.05, 0.1) is 10.6 Å². The van der Waals surface area contributed by atoms with Gasteiger partial charge in [0.25, 0.3) is 0 Å². The molecule has 92 valence electrons. The maximum atomic E-state index is 10.8. The molecule has 0 amide bonds. The molecule has 0 spiro atoms. The molecule has 1 aromatic carbocycles. The zero-order valence-electron chi connectivity index (χ0n) is 9.19. The van der Waals surface area contributed by atoms with Crippen LogP contribution in [0.15, 0.2) is 28.5 Å². The largest absolute Gasteiger partial charge is 0.358 e. The van der Waals surface area contributed by atoms with Gasteiger partial charge in [0, 0.05) is 12.3 Å². The van der Waals surface area contributed by atoms with Crippen molar-refractivity contribution >= 4 is 22.4 Å². The SMILES string of the molecule is N#CC(C#N)=CNc1ccc([N+](=O)[O-])c2nonc12. The zero-order chi connectivity index (χ0) is 13.8. The van der Waals surface area contributed by atoms with Crippen molar-refractivity contribution in [2.75, 3.05) is 5.32 Å². The summed E-state index contributed by atoms with van der Waals surface area (Å²) in [6.45, 7) is 0. The summed E-state index contributed by atoms with van der Waals surface area (Å²) in [5, 5.41) is 37.6. The molecule has 0 aliphatic heterocycles. The number of nitro benzene ring substituents is 1. The molecule has 0 radical (unpaired) electrons. The molecule has 1 heterocycles. The summed E-state index contributed by atoms with van der Waals surface area (Å²) in [5.74, 6) is 0. The Hall–Kier alpha value is -3.46. The van der Waals surface area contributed by atoms with E-state index in [4.69, 9.17) is 10.5 Å². The van der Waals surface area contributed by atoms with Gasteiger partial charge in [0.2, 0.25) is 5.52 Å². The van der Waals surface area contributed by atoms with E-state index in [2.05, 4.69) is 20.3 Å². The highest BCUT2D eigenvalue weighted by molar-refractivity contribution is 5.93. The van der Waals surface area contributed by atoms with Crippen molar-refractivity contribution < 1.29 is 9.55 Å². The van der Waals surface area contributed by atoms with Gasteiger partial charge in [-0.25, -0.2) is 4.63 Å². The third kappa shape index (κ3) is 2.16. The molecule has 2 rings (SSSR count). The number of fused-ring (bicyclic) bond motifs is 1. The quantitative estimate of drug-likeness (QED) is 0.494. The Morgan fingerprint density at radius 1 is 1.37 bits per heavy atom. The smallest absolute Gasteiger partial charge is 0.300 e. The fourth-order valence-corrected chi connectivity index (χ4v) is 1.36. The first-order valence-electron chi connectivity index (χ1n) is 4.84. The minimum atomic E-state index is -0.609. The van der Waals surface area contributed by atoms with Crippen LogP contribution in [0.3, 0.4) is 0 Å². The Morgan fingerprint density at radius 3 is 2.68 bits per heavy atom. The first kappa shape index (κ1) is 12.0. The molecule has 0 bridgehead atoms. The van der Waals surface area contributed by atoms with E-state index >= 15 is 0 Å². The van der Waals surface area contributed by atoms with E-state index in [1.807, 2.05) is 0 Å². The molecular weight excluding hydrogens is 252 g/mol. The predicted molar refractivity (Wildman–Crippen MR) is 61.4 cm³/mol. The van der Waals surface area contributed by atoms with Crippen LogP contribution in [0.5, 0.6) is 0 Å². The van der Waals surface area contributed by atoms with Crippen LogP contribution in [0.25, 0.3) is 11.0 Å². The number of nitrogens with one attached hydrogen (secondary N) is 1. The maximum Gasteiger partial charge on any atom is 0.300 e. The minimum Gasteiger partial charge on any atom is -0.358 e. The highest BCUT2D eigenvalue weighted by Crippen LogP contribution is 2.28. The predicted octanol–water partition coefficient (Wildman–Crippen LogP) is 1.47. The average molecular weight is 256 g/mol. The third-order valence-corrected chi connectivity index (χ3v) is 2.20. The molecule has 0 saturated heterocycles. The van der Waals surface area contributed by atoms with E-state index in [1.54, 1.807) is 12.1 Å². The molecule has 9 heteroatoms. The number of nitro groups is 1. The lowest BCUT2D eigenvalue weighted by atomic mass is 10.2. The van der Waals surface area contributed by atoms with Gasteiger partial charge in [0.15, 0.2) is 5.52 Å². The topological polar surface area (TPSA) is 142 Å². The van der Waals surface area contributed by atoms with Gasteiger partial charge in [-0.2, -0.15) is 10.5 Å². The average Bonchev–Trinajstić information content (AvgIpc) is 2.88. The molecule has 0 atom stereocenters. The van der Waals surface area contributed by atoms with Crippen LogP contribution >= 0.6 is 0 Å². The zero-order valence-corrected chi connectivity index (χ0v) is 9.19. The second kappa shape index (κ2) is 4.81. The van der Waals surface area contributed by atoms with Gasteiger partial charge in [-0.05, 0) is 16.4 Å². The normalized spacial score (nSPS) is 9.37. The van der Waals surface area contributed by atoms with E-state index in [-0.39, 0.29) is 22.3 Å². The van der Waals surface area contributed by atoms with Gasteiger partial charge >= 0.3 is 5.69 Å². The maximum absolute atomic E-state index is 10.8. The van der Waals surface area contributed by atoms with Crippen LogP contribution in [0.2, 0.25) is 0 Å². The number of hydrogen-bond acceptors (Lipinski definition) is 8. The number of nitriles is 2. The Labute approximate surface area is 105 Å². The van der Waals surface area contributed by atoms with Crippen LogP contribution in [-0.2, 0) is 0 Å². The molecule has 0 aliphatic carbocycles. The number of allylic oxidation sites excluding steroid dienone is 1. The molecule has 9 nitrogen and oxygen atoms in total. The van der Waals surface area contributed by atoms with E-state index in [9.17, 15) is 10.1 Å². The van der Waals surface area contributed by atoms with Crippen LogP contribution in [0.1, 0.15) is 0 Å². The Balaban J connectivity index is 2.48. The highest BCUT2D eigenvalue weighted by atomic mass is 16.6. The molecule has 19 heavy (non-hydrogen) atoms. The first-order chi connectivity index (χ1) is 9.17. The Morgan fingerprint density at radius 2 is 2.05 bits per heavy atom. The van der Waals surface area contributed by atoms with Crippen molar-refractivity contribution in [1.82, 2.24) is 10.3 Å². The summed E-state index contributed by atoms with van der Waals surface area (Å²) < 4.78 is 4.46. The van der Waals surface area contributed by atoms with Gasteiger partial charge in [-0.1, -0.05) is 0 Å². The highest BCUT2D eigenvalue weighted by Gasteiger charge is 2.19. The molecule has 0 unspecified atom stereocenters. The van der Waals surface area contributed by atoms with Crippen LogP contribution in [-0.4, -0.2) is 15.2 Å². The summed E-state index contributed by atoms with van der Waals surface area (Å²) in [6, 6.07) is 5.93. The molecule has 1 N–H and O–H groups in total. The number of rotatable bonds is 3. The first-order valence-corrected chi connectivity index (χ1v) is 4.84. The Kier molecular flexibility index (Phi) is 3.04. The number of anilines is 1. The van der Waals surface area contributed by atoms with Crippen molar-refractivity contribution in [3.63, 3.8) is 0 Å². The van der Waals surface area contributed by atoms with Crippen molar-refractivity contribution in [3.8, 4) is 12.1 Å². The van der Waals surface area contributed by atoms with Crippen LogP contribution in [0, 0.1) is 32.8 Å². The van der Waals surface area contributed by atoms with Crippen molar-refractivity contribution in [3.05, 3.63) is 34.0 Å². The molecule has 0 fully saturated rings. The summed E-state index contributed by atoms with van der Waals surface area (Å²) in [6.07, 6.45) is 1.16. The van der Waals surface area contributed by atoms with Gasteiger partial charge in [0.1, 0.15) is 17.7 Å². The van der Waals surface area contributed by atoms with Gasteiger partial charge in [-0.15, -0.1) is 0 Å². The molecule has 0 aliphatic rings. The number of nitrogens with zero attached hydrogens (tertiary/aromatic N) is 5. The monoisotopic (exact) mass is 256 g/mol. The number of benzene rings is 1. The fraction of sp³-hybridized carbons (Fsp3) is 0. The Bertz CT molecular complexity index is 748. The van der Waals surface area contributed by atoms with Gasteiger partial charge in [-0.3, -0.25) is 10.1 Å². The van der Waals surface area contributed by atoms with Crippen LogP contribution < -0.4 is 5.32 Å². The summed E-state index contributed by atoms with van der Waals surface area (Å²) >= 11 is 0. The second-order valence-corrected chi connectivity index (χ2v) is 3.28. The lowest BCUT2D eigenvalue weighted by Crippen LogP contribution is -1.94. The second-order valence-electron chi connectivity index (χ2n) is 3.28. The molecule has 0 saturated carbocycles. The molecular formula is C10H4N6O3. The standard InChI is InChI=1S/C10H4N6O3/c11-3-6(4-12)5-13-7-1-2-8(16(17)18)10-9(7)14-19-15-10/h1-2,5,13H. The lowest BCUT2D eigenvalue weighted by Gasteiger charge is -2.00. The van der Waals surface area contributed by atoms with E-state index in [0.29, 0.717) is 5.69 Å². The molecule has 1 aromatic heterocycles. The molecule has 2 aromatic rings. The summed E-state index contributed by atoms with van der Waals surface area (Å²) in [4.78, 5) is 10.2. The van der Waals surface area contributed by atoms with Crippen molar-refractivity contribution in [2.24, 2.45) is 0 Å². The van der Waals surface area contributed by atoms with E-state index in [1.165, 1.54) is 12.1 Å². The van der Waals surface area contributed by atoms with E-state index in [0.717, 1.165) is 6.20 Å². The van der Waals surface area contributed by atoms with Crippen LogP contribution in [0.4, 0.5) is 11.4 Å². The van der Waals surface area contributed by atoms with Crippen molar-refractivity contribution in [2.45, 2.75) is 0 Å². The fourth-order valence-electron chi connectivity index (χ4n) is 1.36. The number of aromatic nitrogens is 2. The lowest BCUT2D eigenvalue weighted by molar-refractivity contribution is -0.383. The summed E-state index contributed by atoms with van der Waals surface area (Å²) in [5.41, 5.74) is 0.0684.